The summed E-state index contributed by atoms with van der Waals surface area (Å²) in [6, 6.07) is 20.0. The molecule has 0 saturated carbocycles. The summed E-state index contributed by atoms with van der Waals surface area (Å²) in [6.45, 7) is 4.40. The number of hydrogen-bond acceptors (Lipinski definition) is 6. The van der Waals surface area contributed by atoms with Gasteiger partial charge in [-0.15, -0.1) is 0 Å². The Hall–Kier alpha value is -2.53. The molecule has 1 fully saturated rings. The van der Waals surface area contributed by atoms with E-state index in [1.54, 1.807) is 28.8 Å². The third kappa shape index (κ3) is 5.56. The van der Waals surface area contributed by atoms with Crippen LogP contribution in [0, 0.1) is 0 Å². The van der Waals surface area contributed by atoms with Gasteiger partial charge in [0.25, 0.3) is 0 Å². The van der Waals surface area contributed by atoms with Crippen LogP contribution in [0.1, 0.15) is 16.7 Å². The third-order valence-electron chi connectivity index (χ3n) is 6.31. The highest BCUT2D eigenvalue weighted by Gasteiger charge is 2.19. The van der Waals surface area contributed by atoms with E-state index in [2.05, 4.69) is 9.62 Å². The van der Waals surface area contributed by atoms with Crippen LogP contribution in [0.25, 0.3) is 10.2 Å². The van der Waals surface area contributed by atoms with Crippen LogP contribution < -0.4 is 9.60 Å². The Morgan fingerprint density at radius 3 is 2.36 bits per heavy atom. The first-order valence-electron chi connectivity index (χ1n) is 11.6. The Morgan fingerprint density at radius 1 is 0.917 bits per heavy atom. The molecule has 1 aliphatic heterocycles. The second kappa shape index (κ2) is 10.8. The van der Waals surface area contributed by atoms with E-state index in [0.717, 1.165) is 47.7 Å². The summed E-state index contributed by atoms with van der Waals surface area (Å²) in [4.78, 5) is 15.0. The van der Waals surface area contributed by atoms with Gasteiger partial charge in [0.05, 0.1) is 34.9 Å². The van der Waals surface area contributed by atoms with E-state index in [1.807, 2.05) is 42.5 Å². The molecule has 0 bridgehead atoms. The number of fused-ring (bicyclic) bond motifs is 1. The minimum absolute atomic E-state index is 0.131. The summed E-state index contributed by atoms with van der Waals surface area (Å²) in [5.41, 5.74) is 3.53. The molecule has 5 rings (SSSR count). The van der Waals surface area contributed by atoms with Gasteiger partial charge in [0.1, 0.15) is 0 Å². The number of sulfonamides is 1. The summed E-state index contributed by atoms with van der Waals surface area (Å²) < 4.78 is 36.7. The van der Waals surface area contributed by atoms with Crippen LogP contribution in [0.2, 0.25) is 5.02 Å². The highest BCUT2D eigenvalue weighted by molar-refractivity contribution is 7.89. The SMILES string of the molecule is O=c1sc2cc(S(=O)(=O)NCc3ccccc3CN3CCOCC3)ccc2n1Cc1ccccc1Cl. The highest BCUT2D eigenvalue weighted by Crippen LogP contribution is 2.24. The number of benzene rings is 3. The zero-order valence-corrected chi connectivity index (χ0v) is 21.9. The van der Waals surface area contributed by atoms with Crippen molar-refractivity contribution in [1.82, 2.24) is 14.2 Å². The number of morpholine rings is 1. The minimum Gasteiger partial charge on any atom is -0.379 e. The summed E-state index contributed by atoms with van der Waals surface area (Å²) in [7, 11) is -3.78. The van der Waals surface area contributed by atoms with Crippen molar-refractivity contribution in [1.29, 1.82) is 0 Å². The standard InChI is InChI=1S/C26H26ClN3O4S2/c27-23-8-4-3-7-21(23)18-30-24-10-9-22(15-25(24)35-26(30)31)36(32,33)28-16-19-5-1-2-6-20(19)17-29-11-13-34-14-12-29/h1-10,15,28H,11-14,16-18H2. The lowest BCUT2D eigenvalue weighted by Gasteiger charge is -2.27. The molecule has 2 heterocycles. The molecule has 1 N–H and O–H groups in total. The molecule has 0 spiro atoms. The van der Waals surface area contributed by atoms with Crippen LogP contribution in [0.3, 0.4) is 0 Å². The van der Waals surface area contributed by atoms with Crippen LogP contribution in [0.15, 0.2) is 76.4 Å². The Balaban J connectivity index is 1.34. The smallest absolute Gasteiger partial charge is 0.308 e. The fourth-order valence-corrected chi connectivity index (χ4v) is 6.53. The van der Waals surface area contributed by atoms with E-state index in [-0.39, 0.29) is 16.3 Å². The maximum absolute atomic E-state index is 13.1. The molecule has 10 heteroatoms. The fraction of sp³-hybridized carbons (Fsp3) is 0.269. The fourth-order valence-electron chi connectivity index (χ4n) is 4.30. The number of nitrogens with zero attached hydrogens (tertiary/aromatic N) is 2. The van der Waals surface area contributed by atoms with E-state index in [1.165, 1.54) is 0 Å². The van der Waals surface area contributed by atoms with Gasteiger partial charge in [-0.05, 0) is 41.0 Å². The number of rotatable bonds is 8. The molecular weight excluding hydrogens is 518 g/mol. The molecule has 0 aliphatic carbocycles. The first-order chi connectivity index (χ1) is 17.4. The van der Waals surface area contributed by atoms with Crippen LogP contribution in [-0.2, 0) is 34.4 Å². The molecule has 4 aromatic rings. The molecule has 188 valence electrons. The second-order valence-corrected chi connectivity index (χ2v) is 11.8. The van der Waals surface area contributed by atoms with Crippen molar-refractivity contribution in [3.63, 3.8) is 0 Å². The molecule has 1 saturated heterocycles. The van der Waals surface area contributed by atoms with Gasteiger partial charge >= 0.3 is 4.87 Å². The van der Waals surface area contributed by atoms with Gasteiger partial charge in [-0.25, -0.2) is 13.1 Å². The van der Waals surface area contributed by atoms with Gasteiger partial charge in [-0.2, -0.15) is 0 Å². The molecule has 36 heavy (non-hydrogen) atoms. The monoisotopic (exact) mass is 543 g/mol. The van der Waals surface area contributed by atoms with E-state index >= 15 is 0 Å². The van der Waals surface area contributed by atoms with Gasteiger partial charge in [0.2, 0.25) is 10.0 Å². The van der Waals surface area contributed by atoms with Gasteiger partial charge in [0.15, 0.2) is 0 Å². The molecule has 0 amide bonds. The van der Waals surface area contributed by atoms with Crippen molar-refractivity contribution in [3.8, 4) is 0 Å². The summed E-state index contributed by atoms with van der Waals surface area (Å²) in [5.74, 6) is 0. The van der Waals surface area contributed by atoms with Crippen LogP contribution in [0.4, 0.5) is 0 Å². The van der Waals surface area contributed by atoms with Crippen LogP contribution in [0.5, 0.6) is 0 Å². The molecular formula is C26H26ClN3O4S2. The minimum atomic E-state index is -3.78. The number of halogens is 1. The number of hydrogen-bond donors (Lipinski definition) is 1. The van der Waals surface area contributed by atoms with E-state index in [0.29, 0.717) is 35.0 Å². The number of nitrogens with one attached hydrogen (secondary N) is 1. The maximum Gasteiger partial charge on any atom is 0.308 e. The Labute approximate surface area is 218 Å². The van der Waals surface area contributed by atoms with Crippen LogP contribution in [-0.4, -0.2) is 44.2 Å². The van der Waals surface area contributed by atoms with Crippen molar-refractivity contribution >= 4 is 43.2 Å². The Morgan fingerprint density at radius 2 is 1.61 bits per heavy atom. The normalized spacial score (nSPS) is 14.9. The lowest BCUT2D eigenvalue weighted by atomic mass is 10.1. The number of thiazole rings is 1. The zero-order chi connectivity index (χ0) is 25.1. The first-order valence-corrected chi connectivity index (χ1v) is 14.3. The maximum atomic E-state index is 13.1. The largest absolute Gasteiger partial charge is 0.379 e. The van der Waals surface area contributed by atoms with Crippen molar-refractivity contribution in [3.05, 3.63) is 98.1 Å². The predicted octanol–water partition coefficient (Wildman–Crippen LogP) is 4.08. The lowest BCUT2D eigenvalue weighted by Crippen LogP contribution is -2.36. The number of ether oxygens (including phenoxy) is 1. The topological polar surface area (TPSA) is 80.6 Å². The van der Waals surface area contributed by atoms with Crippen LogP contribution >= 0.6 is 22.9 Å². The average molecular weight is 544 g/mol. The molecule has 0 unspecified atom stereocenters. The zero-order valence-electron chi connectivity index (χ0n) is 19.5. The first kappa shape index (κ1) is 25.1. The van der Waals surface area contributed by atoms with Gasteiger partial charge < -0.3 is 4.74 Å². The highest BCUT2D eigenvalue weighted by atomic mass is 35.5. The molecule has 0 atom stereocenters. The van der Waals surface area contributed by atoms with Crippen molar-refractivity contribution in [2.24, 2.45) is 0 Å². The van der Waals surface area contributed by atoms with Gasteiger partial charge in [-0.1, -0.05) is 65.4 Å². The summed E-state index contributed by atoms with van der Waals surface area (Å²) >= 11 is 7.30. The number of aromatic nitrogens is 1. The Kier molecular flexibility index (Phi) is 7.57. The van der Waals surface area contributed by atoms with Gasteiger partial charge in [0, 0.05) is 31.2 Å². The van der Waals surface area contributed by atoms with E-state index < -0.39 is 10.0 Å². The molecule has 1 aromatic heterocycles. The summed E-state index contributed by atoms with van der Waals surface area (Å²) in [5, 5.41) is 0.584. The quantitative estimate of drug-likeness (QED) is 0.362. The van der Waals surface area contributed by atoms with Crippen molar-refractivity contribution in [2.45, 2.75) is 24.5 Å². The predicted molar refractivity (Wildman–Crippen MR) is 143 cm³/mol. The average Bonchev–Trinajstić information content (AvgIpc) is 3.19. The molecule has 1 aliphatic rings. The van der Waals surface area contributed by atoms with Gasteiger partial charge in [-0.3, -0.25) is 14.3 Å². The molecule has 0 radical (unpaired) electrons. The van der Waals surface area contributed by atoms with Crippen molar-refractivity contribution < 1.29 is 13.2 Å². The van der Waals surface area contributed by atoms with Crippen molar-refractivity contribution in [2.75, 3.05) is 26.3 Å². The second-order valence-electron chi connectivity index (χ2n) is 8.66. The Bertz CT molecular complexity index is 1540. The summed E-state index contributed by atoms with van der Waals surface area (Å²) in [6.07, 6.45) is 0. The van der Waals surface area contributed by atoms with E-state index in [9.17, 15) is 13.2 Å². The lowest BCUT2D eigenvalue weighted by molar-refractivity contribution is 0.0341. The molecule has 3 aromatic carbocycles. The van der Waals surface area contributed by atoms with E-state index in [4.69, 9.17) is 16.3 Å². The molecule has 7 nitrogen and oxygen atoms in total. The third-order valence-corrected chi connectivity index (χ3v) is 9.01.